The van der Waals surface area contributed by atoms with Crippen LogP contribution in [0.3, 0.4) is 0 Å². The normalized spacial score (nSPS) is 31.5. The van der Waals surface area contributed by atoms with Crippen molar-refractivity contribution in [1.29, 1.82) is 0 Å². The molecule has 1 aromatic carbocycles. The Hall–Kier alpha value is -1.02. The molecular formula is C17H26O2. The van der Waals surface area contributed by atoms with Crippen LogP contribution in [0.4, 0.5) is 0 Å². The van der Waals surface area contributed by atoms with E-state index in [4.69, 9.17) is 4.74 Å². The zero-order valence-corrected chi connectivity index (χ0v) is 12.5. The Morgan fingerprint density at radius 1 is 1.21 bits per heavy atom. The van der Waals surface area contributed by atoms with Crippen LogP contribution in [0.25, 0.3) is 0 Å². The molecule has 0 saturated heterocycles. The highest BCUT2D eigenvalue weighted by atomic mass is 16.5. The Balaban J connectivity index is 2.16. The van der Waals surface area contributed by atoms with E-state index in [1.165, 1.54) is 0 Å². The van der Waals surface area contributed by atoms with Gasteiger partial charge in [-0.1, -0.05) is 26.0 Å². The molecule has 106 valence electrons. The maximum absolute atomic E-state index is 11.0. The van der Waals surface area contributed by atoms with Gasteiger partial charge in [0.25, 0.3) is 0 Å². The third-order valence-corrected chi connectivity index (χ3v) is 4.32. The third kappa shape index (κ3) is 3.11. The van der Waals surface area contributed by atoms with Crippen molar-refractivity contribution >= 4 is 0 Å². The number of ether oxygens (including phenoxy) is 1. The van der Waals surface area contributed by atoms with E-state index in [-0.39, 0.29) is 6.10 Å². The first-order valence-electron chi connectivity index (χ1n) is 7.41. The molecule has 3 unspecified atom stereocenters. The van der Waals surface area contributed by atoms with Gasteiger partial charge in [-0.2, -0.15) is 0 Å². The van der Waals surface area contributed by atoms with Gasteiger partial charge in [-0.3, -0.25) is 0 Å². The van der Waals surface area contributed by atoms with E-state index < -0.39 is 5.60 Å². The Morgan fingerprint density at radius 3 is 2.37 bits per heavy atom. The lowest BCUT2D eigenvalue weighted by Gasteiger charge is -2.41. The molecule has 0 aliphatic heterocycles. The molecule has 2 rings (SSSR count). The summed E-state index contributed by atoms with van der Waals surface area (Å²) < 4.78 is 5.65. The molecule has 2 heteroatoms. The van der Waals surface area contributed by atoms with Gasteiger partial charge in [0.15, 0.2) is 0 Å². The van der Waals surface area contributed by atoms with Crippen molar-refractivity contribution in [3.05, 3.63) is 29.8 Å². The van der Waals surface area contributed by atoms with Crippen LogP contribution >= 0.6 is 0 Å². The number of aliphatic hydroxyl groups is 1. The van der Waals surface area contributed by atoms with E-state index in [0.717, 1.165) is 36.5 Å². The molecule has 0 aromatic heterocycles. The van der Waals surface area contributed by atoms with E-state index in [0.29, 0.717) is 5.92 Å². The van der Waals surface area contributed by atoms with Crippen LogP contribution in [0.1, 0.15) is 52.5 Å². The van der Waals surface area contributed by atoms with Gasteiger partial charge in [0.1, 0.15) is 5.75 Å². The van der Waals surface area contributed by atoms with Crippen LogP contribution in [-0.4, -0.2) is 11.2 Å². The summed E-state index contributed by atoms with van der Waals surface area (Å²) in [6.07, 6.45) is 3.24. The second-order valence-corrected chi connectivity index (χ2v) is 6.40. The smallest absolute Gasteiger partial charge is 0.119 e. The summed E-state index contributed by atoms with van der Waals surface area (Å²) >= 11 is 0. The second kappa shape index (κ2) is 5.54. The van der Waals surface area contributed by atoms with Crippen molar-refractivity contribution in [2.45, 2.75) is 58.7 Å². The lowest BCUT2D eigenvalue weighted by molar-refractivity contribution is -0.0588. The minimum atomic E-state index is -0.664. The van der Waals surface area contributed by atoms with E-state index in [1.54, 1.807) is 0 Å². The summed E-state index contributed by atoms with van der Waals surface area (Å²) in [5, 5.41) is 11.0. The molecule has 0 bridgehead atoms. The molecule has 1 fully saturated rings. The van der Waals surface area contributed by atoms with Gasteiger partial charge in [0.05, 0.1) is 11.7 Å². The third-order valence-electron chi connectivity index (χ3n) is 4.32. The van der Waals surface area contributed by atoms with Gasteiger partial charge in [0, 0.05) is 0 Å². The van der Waals surface area contributed by atoms with Gasteiger partial charge >= 0.3 is 0 Å². The maximum atomic E-state index is 11.0. The standard InChI is InChI=1S/C17H26O2/c1-12(2)19-16-7-5-15(6-8-16)17(18)10-9-13(3)11-14(17)4/h5-8,12-14,18H,9-11H2,1-4H3. The average molecular weight is 262 g/mol. The van der Waals surface area contributed by atoms with E-state index in [1.807, 2.05) is 38.1 Å². The topological polar surface area (TPSA) is 29.5 Å². The first-order chi connectivity index (χ1) is 8.91. The molecule has 1 aliphatic carbocycles. The van der Waals surface area contributed by atoms with Gasteiger partial charge in [0.2, 0.25) is 0 Å². The molecule has 3 atom stereocenters. The van der Waals surface area contributed by atoms with Crippen molar-refractivity contribution in [2.75, 3.05) is 0 Å². The molecular weight excluding hydrogens is 236 g/mol. The predicted octanol–water partition coefficient (Wildman–Crippen LogP) is 4.12. The number of benzene rings is 1. The summed E-state index contributed by atoms with van der Waals surface area (Å²) in [6.45, 7) is 8.47. The zero-order valence-electron chi connectivity index (χ0n) is 12.5. The van der Waals surface area contributed by atoms with E-state index in [2.05, 4.69) is 13.8 Å². The van der Waals surface area contributed by atoms with Crippen molar-refractivity contribution in [1.82, 2.24) is 0 Å². The number of hydrogen-bond donors (Lipinski definition) is 1. The lowest BCUT2D eigenvalue weighted by Crippen LogP contribution is -2.38. The fourth-order valence-electron chi connectivity index (χ4n) is 3.15. The molecule has 0 spiro atoms. The number of hydrogen-bond acceptors (Lipinski definition) is 2. The highest BCUT2D eigenvalue weighted by molar-refractivity contribution is 5.31. The molecule has 0 amide bonds. The minimum Gasteiger partial charge on any atom is -0.491 e. The van der Waals surface area contributed by atoms with Gasteiger partial charge in [-0.05, 0) is 62.6 Å². The molecule has 19 heavy (non-hydrogen) atoms. The Kier molecular flexibility index (Phi) is 4.19. The van der Waals surface area contributed by atoms with Crippen LogP contribution in [0.2, 0.25) is 0 Å². The first kappa shape index (κ1) is 14.4. The molecule has 0 radical (unpaired) electrons. The van der Waals surface area contributed by atoms with Gasteiger partial charge < -0.3 is 9.84 Å². The van der Waals surface area contributed by atoms with Crippen molar-refractivity contribution in [3.63, 3.8) is 0 Å². The fourth-order valence-corrected chi connectivity index (χ4v) is 3.15. The summed E-state index contributed by atoms with van der Waals surface area (Å²) in [5.41, 5.74) is 0.367. The Bertz CT molecular complexity index is 410. The fraction of sp³-hybridized carbons (Fsp3) is 0.647. The van der Waals surface area contributed by atoms with E-state index in [9.17, 15) is 5.11 Å². The zero-order chi connectivity index (χ0) is 14.0. The van der Waals surface area contributed by atoms with Crippen LogP contribution < -0.4 is 4.74 Å². The van der Waals surface area contributed by atoms with Gasteiger partial charge in [-0.25, -0.2) is 0 Å². The first-order valence-corrected chi connectivity index (χ1v) is 7.41. The average Bonchev–Trinajstić information content (AvgIpc) is 2.34. The lowest BCUT2D eigenvalue weighted by atomic mass is 9.69. The van der Waals surface area contributed by atoms with Crippen LogP contribution in [-0.2, 0) is 5.60 Å². The molecule has 0 heterocycles. The second-order valence-electron chi connectivity index (χ2n) is 6.40. The quantitative estimate of drug-likeness (QED) is 0.888. The number of rotatable bonds is 3. The van der Waals surface area contributed by atoms with E-state index >= 15 is 0 Å². The Morgan fingerprint density at radius 2 is 1.84 bits per heavy atom. The molecule has 1 saturated carbocycles. The maximum Gasteiger partial charge on any atom is 0.119 e. The largest absolute Gasteiger partial charge is 0.491 e. The Labute approximate surface area is 116 Å². The molecule has 2 nitrogen and oxygen atoms in total. The van der Waals surface area contributed by atoms with Gasteiger partial charge in [-0.15, -0.1) is 0 Å². The summed E-state index contributed by atoms with van der Waals surface area (Å²) in [7, 11) is 0. The van der Waals surface area contributed by atoms with Crippen molar-refractivity contribution in [3.8, 4) is 5.75 Å². The summed E-state index contributed by atoms with van der Waals surface area (Å²) in [4.78, 5) is 0. The van der Waals surface area contributed by atoms with Crippen LogP contribution in [0, 0.1) is 11.8 Å². The monoisotopic (exact) mass is 262 g/mol. The van der Waals surface area contributed by atoms with Crippen molar-refractivity contribution in [2.24, 2.45) is 11.8 Å². The molecule has 1 aromatic rings. The highest BCUT2D eigenvalue weighted by Crippen LogP contribution is 2.43. The summed E-state index contributed by atoms with van der Waals surface area (Å²) in [5.74, 6) is 1.91. The minimum absolute atomic E-state index is 0.184. The SMILES string of the molecule is CC1CCC(O)(c2ccc(OC(C)C)cc2)C(C)C1. The van der Waals surface area contributed by atoms with Crippen molar-refractivity contribution < 1.29 is 9.84 Å². The van der Waals surface area contributed by atoms with Crippen LogP contribution in [0.15, 0.2) is 24.3 Å². The molecule has 1 N–H and O–H groups in total. The highest BCUT2D eigenvalue weighted by Gasteiger charge is 2.39. The molecule has 1 aliphatic rings. The summed E-state index contributed by atoms with van der Waals surface area (Å²) in [6, 6.07) is 7.98. The predicted molar refractivity (Wildman–Crippen MR) is 78.3 cm³/mol. The van der Waals surface area contributed by atoms with Crippen LogP contribution in [0.5, 0.6) is 5.75 Å².